The second kappa shape index (κ2) is 4.65. The lowest BCUT2D eigenvalue weighted by Gasteiger charge is -2.13. The number of benzene rings is 1. The monoisotopic (exact) mass is 279 g/mol. The minimum Gasteiger partial charge on any atom is -0.303 e. The number of hydrogen-bond donors (Lipinski definition) is 0. The third-order valence-electron chi connectivity index (χ3n) is 3.53. The molecule has 1 aromatic carbocycles. The Morgan fingerprint density at radius 2 is 2.28 bits per heavy atom. The van der Waals surface area contributed by atoms with Crippen molar-refractivity contribution in [3.63, 3.8) is 0 Å². The molecule has 0 spiro atoms. The number of nitrogens with zero attached hydrogens (tertiary/aromatic N) is 1. The van der Waals surface area contributed by atoms with E-state index in [9.17, 15) is 4.79 Å². The predicted octanol–water partition coefficient (Wildman–Crippen LogP) is 3.28. The minimum absolute atomic E-state index is 0.513. The maximum Gasteiger partial charge on any atom is 0.125 e. The maximum absolute atomic E-state index is 10.8. The van der Waals surface area contributed by atoms with Crippen molar-refractivity contribution in [1.29, 1.82) is 0 Å². The van der Waals surface area contributed by atoms with E-state index in [0.717, 1.165) is 30.8 Å². The number of aldehydes is 1. The van der Waals surface area contributed by atoms with Crippen LogP contribution in [0.1, 0.15) is 16.0 Å². The molecule has 94 valence electrons. The van der Waals surface area contributed by atoms with Gasteiger partial charge in [-0.15, -0.1) is 11.3 Å². The molecular weight excluding hydrogens is 266 g/mol. The van der Waals surface area contributed by atoms with Gasteiger partial charge in [-0.2, -0.15) is 0 Å². The van der Waals surface area contributed by atoms with Gasteiger partial charge in [0, 0.05) is 39.5 Å². The van der Waals surface area contributed by atoms with Gasteiger partial charge in [0.1, 0.15) is 6.29 Å². The molecule has 1 aliphatic rings. The van der Waals surface area contributed by atoms with Gasteiger partial charge in [-0.1, -0.05) is 11.6 Å². The first-order chi connectivity index (χ1) is 8.70. The van der Waals surface area contributed by atoms with Crippen LogP contribution in [0.5, 0.6) is 0 Å². The first-order valence-corrected chi connectivity index (χ1v) is 7.24. The SMILES string of the molecule is CN1CCc2c(Cl)ccc3sc(CC=O)c(c23)C1. The summed E-state index contributed by atoms with van der Waals surface area (Å²) in [6, 6.07) is 4.06. The van der Waals surface area contributed by atoms with Crippen molar-refractivity contribution in [3.05, 3.63) is 33.2 Å². The first-order valence-electron chi connectivity index (χ1n) is 6.04. The Labute approximate surface area is 115 Å². The number of carbonyl (C=O) groups is 1. The van der Waals surface area contributed by atoms with E-state index in [0.29, 0.717) is 6.42 Å². The molecule has 2 aromatic rings. The lowest BCUT2D eigenvalue weighted by molar-refractivity contribution is -0.107. The van der Waals surface area contributed by atoms with Crippen LogP contribution in [0.2, 0.25) is 5.02 Å². The van der Waals surface area contributed by atoms with E-state index in [-0.39, 0.29) is 0 Å². The summed E-state index contributed by atoms with van der Waals surface area (Å²) < 4.78 is 1.26. The van der Waals surface area contributed by atoms with E-state index in [1.54, 1.807) is 11.3 Å². The summed E-state index contributed by atoms with van der Waals surface area (Å²) in [5, 5.41) is 2.16. The van der Waals surface area contributed by atoms with E-state index in [1.807, 2.05) is 6.07 Å². The van der Waals surface area contributed by atoms with Crippen molar-refractivity contribution in [2.24, 2.45) is 0 Å². The Kier molecular flexibility index (Phi) is 3.14. The zero-order valence-electron chi connectivity index (χ0n) is 10.2. The Balaban J connectivity index is 2.31. The van der Waals surface area contributed by atoms with Gasteiger partial charge in [-0.3, -0.25) is 0 Å². The first kappa shape index (κ1) is 12.2. The largest absolute Gasteiger partial charge is 0.303 e. The highest BCUT2D eigenvalue weighted by molar-refractivity contribution is 7.19. The summed E-state index contributed by atoms with van der Waals surface area (Å²) in [4.78, 5) is 14.3. The molecule has 3 rings (SSSR count). The van der Waals surface area contributed by atoms with Crippen LogP contribution in [-0.2, 0) is 24.2 Å². The molecule has 0 atom stereocenters. The van der Waals surface area contributed by atoms with Gasteiger partial charge in [0.15, 0.2) is 0 Å². The molecule has 0 aliphatic carbocycles. The number of likely N-dealkylation sites (N-methyl/N-ethyl adjacent to an activating group) is 1. The van der Waals surface area contributed by atoms with Crippen molar-refractivity contribution in [3.8, 4) is 0 Å². The molecule has 18 heavy (non-hydrogen) atoms. The van der Waals surface area contributed by atoms with Crippen LogP contribution in [0, 0.1) is 0 Å². The highest BCUT2D eigenvalue weighted by Crippen LogP contribution is 2.39. The molecule has 0 saturated heterocycles. The molecule has 2 nitrogen and oxygen atoms in total. The molecule has 0 amide bonds. The summed E-state index contributed by atoms with van der Waals surface area (Å²) in [6.45, 7) is 1.93. The summed E-state index contributed by atoms with van der Waals surface area (Å²) >= 11 is 8.06. The van der Waals surface area contributed by atoms with Gasteiger partial charge in [0.25, 0.3) is 0 Å². The average Bonchev–Trinajstić information content (AvgIpc) is 2.56. The zero-order chi connectivity index (χ0) is 12.7. The second-order valence-electron chi connectivity index (χ2n) is 4.76. The summed E-state index contributed by atoms with van der Waals surface area (Å²) in [6.07, 6.45) is 2.49. The van der Waals surface area contributed by atoms with Gasteiger partial charge >= 0.3 is 0 Å². The van der Waals surface area contributed by atoms with Crippen LogP contribution in [0.15, 0.2) is 12.1 Å². The normalized spacial score (nSPS) is 15.9. The van der Waals surface area contributed by atoms with Crippen molar-refractivity contribution < 1.29 is 4.79 Å². The molecule has 4 heteroatoms. The average molecular weight is 280 g/mol. The molecule has 0 bridgehead atoms. The van der Waals surface area contributed by atoms with Gasteiger partial charge < -0.3 is 9.69 Å². The van der Waals surface area contributed by atoms with E-state index in [1.165, 1.54) is 26.1 Å². The van der Waals surface area contributed by atoms with Crippen molar-refractivity contribution in [1.82, 2.24) is 4.90 Å². The number of thiophene rings is 1. The highest BCUT2D eigenvalue weighted by atomic mass is 35.5. The van der Waals surface area contributed by atoms with E-state index < -0.39 is 0 Å². The molecule has 0 saturated carbocycles. The fourth-order valence-electron chi connectivity index (χ4n) is 2.65. The van der Waals surface area contributed by atoms with Gasteiger partial charge in [0.2, 0.25) is 0 Å². The Morgan fingerprint density at radius 3 is 3.06 bits per heavy atom. The van der Waals surface area contributed by atoms with Crippen molar-refractivity contribution in [2.45, 2.75) is 19.4 Å². The van der Waals surface area contributed by atoms with Crippen LogP contribution in [0.4, 0.5) is 0 Å². The predicted molar refractivity (Wildman–Crippen MR) is 76.6 cm³/mol. The fourth-order valence-corrected chi connectivity index (χ4v) is 4.10. The van der Waals surface area contributed by atoms with Crippen LogP contribution in [0.3, 0.4) is 0 Å². The Bertz CT molecular complexity index is 620. The molecule has 0 N–H and O–H groups in total. The summed E-state index contributed by atoms with van der Waals surface area (Å²) in [7, 11) is 2.12. The fraction of sp³-hybridized carbons (Fsp3) is 0.357. The molecule has 2 heterocycles. The van der Waals surface area contributed by atoms with Crippen LogP contribution in [0.25, 0.3) is 10.1 Å². The summed E-state index contributed by atoms with van der Waals surface area (Å²) in [5.74, 6) is 0. The lowest BCUT2D eigenvalue weighted by atomic mass is 10.0. The molecular formula is C14H14ClNOS. The van der Waals surface area contributed by atoms with Crippen LogP contribution < -0.4 is 0 Å². The van der Waals surface area contributed by atoms with E-state index >= 15 is 0 Å². The third-order valence-corrected chi connectivity index (χ3v) is 5.10. The zero-order valence-corrected chi connectivity index (χ0v) is 11.8. The number of carbonyl (C=O) groups excluding carboxylic acids is 1. The lowest BCUT2D eigenvalue weighted by Crippen LogP contribution is -2.19. The minimum atomic E-state index is 0.513. The summed E-state index contributed by atoms with van der Waals surface area (Å²) in [5.41, 5.74) is 2.56. The van der Waals surface area contributed by atoms with Crippen LogP contribution in [-0.4, -0.2) is 24.8 Å². The Hall–Kier alpha value is -0.900. The molecule has 1 aromatic heterocycles. The molecule has 0 radical (unpaired) electrons. The van der Waals surface area contributed by atoms with Crippen molar-refractivity contribution >= 4 is 39.3 Å². The standard InChI is InChI=1S/C14H14ClNOS/c1-16-6-4-9-11(15)2-3-13-14(9)10(8-16)12(18-13)5-7-17/h2-3,7H,4-6,8H2,1H3. The van der Waals surface area contributed by atoms with Gasteiger partial charge in [0.05, 0.1) is 0 Å². The Morgan fingerprint density at radius 1 is 1.44 bits per heavy atom. The third kappa shape index (κ3) is 1.87. The number of rotatable bonds is 2. The molecule has 0 fully saturated rings. The van der Waals surface area contributed by atoms with Crippen LogP contribution >= 0.6 is 22.9 Å². The van der Waals surface area contributed by atoms with E-state index in [4.69, 9.17) is 11.6 Å². The van der Waals surface area contributed by atoms with Gasteiger partial charge in [-0.05, 0) is 36.7 Å². The molecule has 1 aliphatic heterocycles. The van der Waals surface area contributed by atoms with Gasteiger partial charge in [-0.25, -0.2) is 0 Å². The maximum atomic E-state index is 10.8. The van der Waals surface area contributed by atoms with Crippen molar-refractivity contribution in [2.75, 3.05) is 13.6 Å². The smallest absolute Gasteiger partial charge is 0.125 e. The second-order valence-corrected chi connectivity index (χ2v) is 6.31. The van der Waals surface area contributed by atoms with E-state index in [2.05, 4.69) is 18.0 Å². The molecule has 0 unspecified atom stereocenters. The number of halogens is 1. The quantitative estimate of drug-likeness (QED) is 0.787. The topological polar surface area (TPSA) is 20.3 Å². The highest BCUT2D eigenvalue weighted by Gasteiger charge is 2.21. The number of hydrogen-bond acceptors (Lipinski definition) is 3.